The fourth-order valence-corrected chi connectivity index (χ4v) is 5.46. The van der Waals surface area contributed by atoms with E-state index in [2.05, 4.69) is 15.3 Å². The molecule has 3 aromatic carbocycles. The van der Waals surface area contributed by atoms with Gasteiger partial charge in [0.2, 0.25) is 15.0 Å². The van der Waals surface area contributed by atoms with Crippen molar-refractivity contribution in [2.45, 2.75) is 16.0 Å². The summed E-state index contributed by atoms with van der Waals surface area (Å²) in [6, 6.07) is 25.8. The lowest BCUT2D eigenvalue weighted by Gasteiger charge is -2.09. The highest BCUT2D eigenvalue weighted by atomic mass is 32.2. The number of sulfone groups is 1. The van der Waals surface area contributed by atoms with Crippen LogP contribution < -0.4 is 11.1 Å². The minimum atomic E-state index is -3.78. The number of nitrogen functional groups attached to an aromatic ring is 1. The standard InChI is InChI=1S/C23H20N4O2S2/c1-16-12-14-19(15-13-16)31(28,29)22-20(24)26-23(30-22)27-21(17-8-4-2-5-9-17)25-18-10-6-3-7-11-18/h2-15H,24H2,1H3,(H,25,26,27). The van der Waals surface area contributed by atoms with E-state index >= 15 is 0 Å². The Morgan fingerprint density at radius 1 is 0.935 bits per heavy atom. The highest BCUT2D eigenvalue weighted by Gasteiger charge is 2.25. The van der Waals surface area contributed by atoms with E-state index in [1.807, 2.05) is 67.6 Å². The number of nitrogens with zero attached hydrogens (tertiary/aromatic N) is 2. The van der Waals surface area contributed by atoms with Crippen molar-refractivity contribution in [2.75, 3.05) is 11.1 Å². The molecule has 0 bridgehead atoms. The van der Waals surface area contributed by atoms with Gasteiger partial charge in [-0.05, 0) is 31.2 Å². The van der Waals surface area contributed by atoms with Crippen LogP contribution in [0.5, 0.6) is 0 Å². The summed E-state index contributed by atoms with van der Waals surface area (Å²) in [6.07, 6.45) is 0. The van der Waals surface area contributed by atoms with Crippen molar-refractivity contribution in [3.63, 3.8) is 0 Å². The molecular formula is C23H20N4O2S2. The number of benzene rings is 3. The van der Waals surface area contributed by atoms with Gasteiger partial charge in [0, 0.05) is 11.3 Å². The van der Waals surface area contributed by atoms with E-state index in [1.54, 1.807) is 24.3 Å². The quantitative estimate of drug-likeness (QED) is 0.329. The second-order valence-electron chi connectivity index (χ2n) is 6.80. The number of amidine groups is 1. The number of hydrogen-bond acceptors (Lipinski definition) is 6. The molecule has 1 aromatic heterocycles. The SMILES string of the molecule is Cc1ccc(S(=O)(=O)c2sc(/N=C(\Nc3ccccc3)c3ccccc3)nc2N)cc1. The molecule has 0 aliphatic heterocycles. The zero-order chi connectivity index (χ0) is 21.8. The van der Waals surface area contributed by atoms with E-state index in [-0.39, 0.29) is 20.1 Å². The molecule has 4 rings (SSSR count). The number of anilines is 2. The van der Waals surface area contributed by atoms with Crippen molar-refractivity contribution < 1.29 is 8.42 Å². The first-order valence-electron chi connectivity index (χ1n) is 9.48. The minimum absolute atomic E-state index is 0.0118. The first-order valence-corrected chi connectivity index (χ1v) is 11.8. The average molecular weight is 449 g/mol. The van der Waals surface area contributed by atoms with E-state index in [0.29, 0.717) is 5.84 Å². The number of nitrogens with two attached hydrogens (primary N) is 1. The molecule has 156 valence electrons. The number of aliphatic imine (C=N–C) groups is 1. The van der Waals surface area contributed by atoms with E-state index < -0.39 is 9.84 Å². The van der Waals surface area contributed by atoms with Crippen molar-refractivity contribution in [3.05, 3.63) is 96.1 Å². The first-order chi connectivity index (χ1) is 14.9. The molecule has 0 saturated carbocycles. The lowest BCUT2D eigenvalue weighted by atomic mass is 10.2. The van der Waals surface area contributed by atoms with E-state index in [4.69, 9.17) is 5.73 Å². The van der Waals surface area contributed by atoms with Crippen molar-refractivity contribution in [1.29, 1.82) is 0 Å². The van der Waals surface area contributed by atoms with E-state index in [1.165, 1.54) is 0 Å². The Bertz CT molecular complexity index is 1320. The predicted molar refractivity (Wildman–Crippen MR) is 126 cm³/mol. The third kappa shape index (κ3) is 4.65. The molecule has 0 amide bonds. The third-order valence-corrected chi connectivity index (χ3v) is 7.73. The molecule has 6 nitrogen and oxygen atoms in total. The van der Waals surface area contributed by atoms with Crippen LogP contribution in [-0.2, 0) is 9.84 Å². The highest BCUT2D eigenvalue weighted by Crippen LogP contribution is 2.35. The van der Waals surface area contributed by atoms with Gasteiger partial charge in [-0.25, -0.2) is 13.4 Å². The number of hydrogen-bond donors (Lipinski definition) is 2. The molecule has 3 N–H and O–H groups in total. The van der Waals surface area contributed by atoms with Crippen molar-refractivity contribution in [1.82, 2.24) is 4.98 Å². The maximum atomic E-state index is 13.1. The van der Waals surface area contributed by atoms with E-state index in [9.17, 15) is 8.42 Å². The normalized spacial score (nSPS) is 12.0. The van der Waals surface area contributed by atoms with Crippen molar-refractivity contribution in [3.8, 4) is 0 Å². The molecule has 31 heavy (non-hydrogen) atoms. The predicted octanol–water partition coefficient (Wildman–Crippen LogP) is 5.06. The van der Waals surface area contributed by atoms with Gasteiger partial charge >= 0.3 is 0 Å². The lowest BCUT2D eigenvalue weighted by Crippen LogP contribution is -2.13. The summed E-state index contributed by atoms with van der Waals surface area (Å²) in [5.41, 5.74) is 8.65. The molecule has 0 aliphatic rings. The monoisotopic (exact) mass is 448 g/mol. The Morgan fingerprint density at radius 3 is 2.19 bits per heavy atom. The van der Waals surface area contributed by atoms with Crippen LogP contribution in [0.4, 0.5) is 16.6 Å². The van der Waals surface area contributed by atoms with Crippen LogP contribution >= 0.6 is 11.3 Å². The summed E-state index contributed by atoms with van der Waals surface area (Å²) in [5.74, 6) is 0.483. The molecule has 0 radical (unpaired) electrons. The Balaban J connectivity index is 1.74. The number of aryl methyl sites for hydroxylation is 1. The molecule has 0 spiro atoms. The molecular weight excluding hydrogens is 428 g/mol. The first kappa shape index (κ1) is 20.8. The van der Waals surface area contributed by atoms with Gasteiger partial charge in [-0.3, -0.25) is 0 Å². The van der Waals surface area contributed by atoms with Gasteiger partial charge in [-0.1, -0.05) is 77.6 Å². The van der Waals surface area contributed by atoms with Crippen LogP contribution in [0.3, 0.4) is 0 Å². The number of thiazole rings is 1. The summed E-state index contributed by atoms with van der Waals surface area (Å²) in [5, 5.41) is 3.53. The molecule has 0 atom stereocenters. The third-order valence-electron chi connectivity index (χ3n) is 4.48. The topological polar surface area (TPSA) is 97.4 Å². The fourth-order valence-electron chi connectivity index (χ4n) is 2.89. The van der Waals surface area contributed by atoms with Crippen LogP contribution in [0.15, 0.2) is 99.0 Å². The number of rotatable bonds is 5. The van der Waals surface area contributed by atoms with Gasteiger partial charge in [0.05, 0.1) is 4.90 Å². The molecule has 0 fully saturated rings. The zero-order valence-electron chi connectivity index (χ0n) is 16.7. The molecule has 4 aromatic rings. The summed E-state index contributed by atoms with van der Waals surface area (Å²) >= 11 is 0.947. The summed E-state index contributed by atoms with van der Waals surface area (Å²) in [6.45, 7) is 1.90. The average Bonchev–Trinajstić information content (AvgIpc) is 3.16. The van der Waals surface area contributed by atoms with Crippen LogP contribution in [0.1, 0.15) is 11.1 Å². The summed E-state index contributed by atoms with van der Waals surface area (Å²) < 4.78 is 26.1. The summed E-state index contributed by atoms with van der Waals surface area (Å²) in [4.78, 5) is 8.99. The second kappa shape index (κ2) is 8.71. The van der Waals surface area contributed by atoms with E-state index in [0.717, 1.165) is 28.2 Å². The summed E-state index contributed by atoms with van der Waals surface area (Å²) in [7, 11) is -3.78. The molecule has 8 heteroatoms. The van der Waals surface area contributed by atoms with Gasteiger partial charge in [0.1, 0.15) is 5.84 Å². The van der Waals surface area contributed by atoms with Gasteiger partial charge in [-0.15, -0.1) is 0 Å². The Hall–Kier alpha value is -3.49. The second-order valence-corrected chi connectivity index (χ2v) is 9.93. The van der Waals surface area contributed by atoms with Gasteiger partial charge < -0.3 is 11.1 Å². The molecule has 0 aliphatic carbocycles. The number of nitrogens with one attached hydrogen (secondary N) is 1. The van der Waals surface area contributed by atoms with Gasteiger partial charge in [-0.2, -0.15) is 4.98 Å². The highest BCUT2D eigenvalue weighted by molar-refractivity contribution is 7.93. The Labute approximate surface area is 185 Å². The Kier molecular flexibility index (Phi) is 5.83. The van der Waals surface area contributed by atoms with Crippen LogP contribution in [0, 0.1) is 6.92 Å². The molecule has 0 saturated heterocycles. The fraction of sp³-hybridized carbons (Fsp3) is 0.0435. The smallest absolute Gasteiger partial charge is 0.219 e. The maximum absolute atomic E-state index is 13.1. The van der Waals surface area contributed by atoms with Gasteiger partial charge in [0.25, 0.3) is 0 Å². The number of para-hydroxylation sites is 1. The minimum Gasteiger partial charge on any atom is -0.382 e. The van der Waals surface area contributed by atoms with Crippen LogP contribution in [0.25, 0.3) is 0 Å². The van der Waals surface area contributed by atoms with Crippen molar-refractivity contribution in [2.24, 2.45) is 4.99 Å². The Morgan fingerprint density at radius 2 is 1.55 bits per heavy atom. The number of aromatic nitrogens is 1. The lowest BCUT2D eigenvalue weighted by molar-refractivity contribution is 0.598. The van der Waals surface area contributed by atoms with Crippen LogP contribution in [0.2, 0.25) is 0 Å². The van der Waals surface area contributed by atoms with Gasteiger partial charge in [0.15, 0.2) is 10.0 Å². The van der Waals surface area contributed by atoms with Crippen molar-refractivity contribution >= 4 is 43.6 Å². The largest absolute Gasteiger partial charge is 0.382 e. The zero-order valence-corrected chi connectivity index (χ0v) is 18.3. The van der Waals surface area contributed by atoms with Crippen LogP contribution in [-0.4, -0.2) is 19.2 Å². The molecule has 1 heterocycles. The maximum Gasteiger partial charge on any atom is 0.219 e. The molecule has 0 unspecified atom stereocenters.